The molecule has 4 nitrogen and oxygen atoms in total. The van der Waals surface area contributed by atoms with Crippen molar-refractivity contribution in [1.29, 1.82) is 0 Å². The highest BCUT2D eigenvalue weighted by Crippen LogP contribution is 2.24. The van der Waals surface area contributed by atoms with Gasteiger partial charge in [0.05, 0.1) is 5.56 Å². The first kappa shape index (κ1) is 13.2. The number of hydrogen-bond donors (Lipinski definition) is 3. The van der Waals surface area contributed by atoms with E-state index in [1.165, 1.54) is 0 Å². The Morgan fingerprint density at radius 1 is 1.14 bits per heavy atom. The number of hydrogen-bond acceptors (Lipinski definition) is 2. The quantitative estimate of drug-likeness (QED) is 0.627. The number of aromatic amines is 1. The lowest BCUT2D eigenvalue weighted by Gasteiger charge is -2.11. The van der Waals surface area contributed by atoms with E-state index in [1.54, 1.807) is 6.20 Å². The molecule has 0 unspecified atom stereocenters. The minimum atomic E-state index is -0.135. The molecule has 106 valence electrons. The van der Waals surface area contributed by atoms with Gasteiger partial charge in [0.15, 0.2) is 0 Å². The second kappa shape index (κ2) is 4.98. The number of anilines is 2. The van der Waals surface area contributed by atoms with E-state index in [1.807, 2.05) is 50.2 Å². The number of nitrogens with two attached hydrogens (primary N) is 1. The molecule has 3 aromatic rings. The van der Waals surface area contributed by atoms with Crippen LogP contribution >= 0.6 is 0 Å². The number of carbonyl (C=O) groups excluding carboxylic acids is 1. The van der Waals surface area contributed by atoms with E-state index in [-0.39, 0.29) is 5.91 Å². The van der Waals surface area contributed by atoms with Crippen molar-refractivity contribution in [2.45, 2.75) is 13.8 Å². The zero-order valence-electron chi connectivity index (χ0n) is 12.0. The largest absolute Gasteiger partial charge is 0.399 e. The first-order valence-electron chi connectivity index (χ1n) is 6.80. The summed E-state index contributed by atoms with van der Waals surface area (Å²) in [6.07, 6.45) is 1.72. The fourth-order valence-corrected chi connectivity index (χ4v) is 2.52. The summed E-state index contributed by atoms with van der Waals surface area (Å²) in [5, 5.41) is 3.82. The molecule has 4 heteroatoms. The highest BCUT2D eigenvalue weighted by atomic mass is 16.1. The average Bonchev–Trinajstić information content (AvgIpc) is 2.86. The van der Waals surface area contributed by atoms with Gasteiger partial charge in [0.2, 0.25) is 0 Å². The van der Waals surface area contributed by atoms with Crippen molar-refractivity contribution in [1.82, 2.24) is 4.98 Å². The molecule has 0 bridgehead atoms. The van der Waals surface area contributed by atoms with Crippen LogP contribution in [0.1, 0.15) is 21.5 Å². The summed E-state index contributed by atoms with van der Waals surface area (Å²) in [7, 11) is 0. The molecule has 21 heavy (non-hydrogen) atoms. The molecule has 1 aromatic heterocycles. The van der Waals surface area contributed by atoms with Gasteiger partial charge in [-0.1, -0.05) is 18.2 Å². The maximum atomic E-state index is 12.5. The van der Waals surface area contributed by atoms with Crippen LogP contribution in [0.15, 0.2) is 42.6 Å². The Kier molecular flexibility index (Phi) is 3.14. The number of para-hydroxylation sites is 1. The summed E-state index contributed by atoms with van der Waals surface area (Å²) in [6, 6.07) is 11.4. The highest BCUT2D eigenvalue weighted by Gasteiger charge is 2.14. The second-order valence-electron chi connectivity index (χ2n) is 5.23. The van der Waals surface area contributed by atoms with E-state index < -0.39 is 0 Å². The molecule has 0 aliphatic carbocycles. The third-order valence-corrected chi connectivity index (χ3v) is 3.67. The topological polar surface area (TPSA) is 70.9 Å². The predicted octanol–water partition coefficient (Wildman–Crippen LogP) is 3.62. The molecule has 0 radical (unpaired) electrons. The summed E-state index contributed by atoms with van der Waals surface area (Å²) >= 11 is 0. The van der Waals surface area contributed by atoms with E-state index in [0.717, 1.165) is 27.7 Å². The number of amides is 1. The summed E-state index contributed by atoms with van der Waals surface area (Å²) in [6.45, 7) is 3.96. The van der Waals surface area contributed by atoms with Gasteiger partial charge in [-0.3, -0.25) is 4.79 Å². The summed E-state index contributed by atoms with van der Waals surface area (Å²) < 4.78 is 0. The van der Waals surface area contributed by atoms with Crippen LogP contribution in [-0.4, -0.2) is 10.9 Å². The molecule has 4 N–H and O–H groups in total. The van der Waals surface area contributed by atoms with Crippen molar-refractivity contribution in [3.63, 3.8) is 0 Å². The molecule has 0 aliphatic rings. The third-order valence-electron chi connectivity index (χ3n) is 3.67. The van der Waals surface area contributed by atoms with Gasteiger partial charge in [-0.25, -0.2) is 0 Å². The SMILES string of the molecule is Cc1cccc(C)c1NC(=O)c1c[nH]c2ccc(N)cc12. The summed E-state index contributed by atoms with van der Waals surface area (Å²) in [5.74, 6) is -0.135. The first-order chi connectivity index (χ1) is 10.1. The molecular weight excluding hydrogens is 262 g/mol. The van der Waals surface area contributed by atoms with Crippen LogP contribution < -0.4 is 11.1 Å². The molecular formula is C17H17N3O. The zero-order valence-corrected chi connectivity index (χ0v) is 12.0. The minimum Gasteiger partial charge on any atom is -0.399 e. The predicted molar refractivity (Wildman–Crippen MR) is 86.6 cm³/mol. The van der Waals surface area contributed by atoms with Crippen molar-refractivity contribution in [3.05, 3.63) is 59.3 Å². The lowest BCUT2D eigenvalue weighted by Crippen LogP contribution is -2.13. The van der Waals surface area contributed by atoms with Crippen LogP contribution in [0.3, 0.4) is 0 Å². The number of nitrogen functional groups attached to an aromatic ring is 1. The Hall–Kier alpha value is -2.75. The van der Waals surface area contributed by atoms with Gasteiger partial charge in [0.1, 0.15) is 0 Å². The van der Waals surface area contributed by atoms with Crippen LogP contribution in [0.2, 0.25) is 0 Å². The van der Waals surface area contributed by atoms with Gasteiger partial charge in [-0.2, -0.15) is 0 Å². The van der Waals surface area contributed by atoms with E-state index >= 15 is 0 Å². The van der Waals surface area contributed by atoms with Gasteiger partial charge in [0.25, 0.3) is 5.91 Å². The highest BCUT2D eigenvalue weighted by molar-refractivity contribution is 6.13. The Labute approximate surface area is 123 Å². The fraction of sp³-hybridized carbons (Fsp3) is 0.118. The van der Waals surface area contributed by atoms with E-state index in [2.05, 4.69) is 10.3 Å². The van der Waals surface area contributed by atoms with Crippen molar-refractivity contribution in [2.75, 3.05) is 11.1 Å². The zero-order chi connectivity index (χ0) is 15.0. The summed E-state index contributed by atoms with van der Waals surface area (Å²) in [4.78, 5) is 15.6. The molecule has 0 aliphatic heterocycles. The second-order valence-corrected chi connectivity index (χ2v) is 5.23. The number of rotatable bonds is 2. The van der Waals surface area contributed by atoms with E-state index in [4.69, 9.17) is 5.73 Å². The van der Waals surface area contributed by atoms with Crippen LogP contribution in [0.5, 0.6) is 0 Å². The Morgan fingerprint density at radius 2 is 1.86 bits per heavy atom. The van der Waals surface area contributed by atoms with E-state index in [0.29, 0.717) is 11.3 Å². The van der Waals surface area contributed by atoms with Crippen molar-refractivity contribution >= 4 is 28.2 Å². The number of nitrogens with one attached hydrogen (secondary N) is 2. The van der Waals surface area contributed by atoms with Gasteiger partial charge < -0.3 is 16.0 Å². The molecule has 0 fully saturated rings. The molecule has 0 atom stereocenters. The van der Waals surface area contributed by atoms with Crippen LogP contribution in [0.4, 0.5) is 11.4 Å². The maximum absolute atomic E-state index is 12.5. The van der Waals surface area contributed by atoms with Crippen molar-refractivity contribution < 1.29 is 4.79 Å². The molecule has 0 saturated carbocycles. The Morgan fingerprint density at radius 3 is 2.57 bits per heavy atom. The van der Waals surface area contributed by atoms with Gasteiger partial charge in [-0.15, -0.1) is 0 Å². The fourth-order valence-electron chi connectivity index (χ4n) is 2.52. The molecule has 1 heterocycles. The van der Waals surface area contributed by atoms with Crippen LogP contribution in [-0.2, 0) is 0 Å². The number of carbonyl (C=O) groups is 1. The van der Waals surface area contributed by atoms with Crippen LogP contribution in [0, 0.1) is 13.8 Å². The van der Waals surface area contributed by atoms with Gasteiger partial charge in [0, 0.05) is 28.5 Å². The monoisotopic (exact) mass is 279 g/mol. The lowest BCUT2D eigenvalue weighted by molar-refractivity contribution is 0.102. The van der Waals surface area contributed by atoms with Crippen molar-refractivity contribution in [2.24, 2.45) is 0 Å². The average molecular weight is 279 g/mol. The Bertz CT molecular complexity index is 813. The molecule has 1 amide bonds. The molecule has 0 saturated heterocycles. The van der Waals surface area contributed by atoms with Crippen molar-refractivity contribution in [3.8, 4) is 0 Å². The van der Waals surface area contributed by atoms with E-state index in [9.17, 15) is 4.79 Å². The van der Waals surface area contributed by atoms with Crippen LogP contribution in [0.25, 0.3) is 10.9 Å². The number of benzene rings is 2. The van der Waals surface area contributed by atoms with Gasteiger partial charge in [-0.05, 0) is 43.2 Å². The minimum absolute atomic E-state index is 0.135. The lowest BCUT2D eigenvalue weighted by atomic mass is 10.1. The number of aromatic nitrogens is 1. The smallest absolute Gasteiger partial charge is 0.257 e. The number of aryl methyl sites for hydroxylation is 2. The number of H-pyrrole nitrogens is 1. The van der Waals surface area contributed by atoms with Gasteiger partial charge >= 0.3 is 0 Å². The molecule has 2 aromatic carbocycles. The molecule has 3 rings (SSSR count). The maximum Gasteiger partial charge on any atom is 0.257 e. The summed E-state index contributed by atoms with van der Waals surface area (Å²) in [5.41, 5.74) is 10.9. The standard InChI is InChI=1S/C17H17N3O/c1-10-4-3-5-11(2)16(10)20-17(21)14-9-19-15-7-6-12(18)8-13(14)15/h3-9,19H,18H2,1-2H3,(H,20,21). The Balaban J connectivity index is 2.00. The third kappa shape index (κ3) is 2.36. The normalized spacial score (nSPS) is 10.8. The number of fused-ring (bicyclic) bond motifs is 1. The molecule has 0 spiro atoms. The first-order valence-corrected chi connectivity index (χ1v) is 6.80.